The first-order valence-corrected chi connectivity index (χ1v) is 6.67. The van der Waals surface area contributed by atoms with Crippen molar-refractivity contribution in [3.63, 3.8) is 0 Å². The van der Waals surface area contributed by atoms with Crippen molar-refractivity contribution in [2.75, 3.05) is 0 Å². The van der Waals surface area contributed by atoms with Crippen LogP contribution in [0.3, 0.4) is 0 Å². The van der Waals surface area contributed by atoms with Crippen LogP contribution in [0.25, 0.3) is 0 Å². The van der Waals surface area contributed by atoms with E-state index < -0.39 is 0 Å². The minimum Gasteiger partial charge on any atom is -0.330 e. The second-order valence-corrected chi connectivity index (χ2v) is 5.10. The molecule has 0 aliphatic carbocycles. The van der Waals surface area contributed by atoms with Crippen LogP contribution in [0.5, 0.6) is 0 Å². The monoisotopic (exact) mass is 251 g/mol. The molecule has 2 nitrogen and oxygen atoms in total. The Hall–Kier alpha value is -2.09. The van der Waals surface area contributed by atoms with Gasteiger partial charge in [-0.25, -0.2) is 0 Å². The summed E-state index contributed by atoms with van der Waals surface area (Å²) in [5, 5.41) is 0. The molecule has 1 fully saturated rings. The van der Waals surface area contributed by atoms with Gasteiger partial charge in [-0.1, -0.05) is 67.6 Å². The van der Waals surface area contributed by atoms with E-state index in [0.717, 1.165) is 0 Å². The van der Waals surface area contributed by atoms with Gasteiger partial charge in [0.05, 0.1) is 12.0 Å². The average molecular weight is 251 g/mol. The highest BCUT2D eigenvalue weighted by Gasteiger charge is 2.44. The number of benzene rings is 2. The lowest BCUT2D eigenvalue weighted by Crippen LogP contribution is -2.52. The lowest BCUT2D eigenvalue weighted by atomic mass is 9.83. The summed E-state index contributed by atoms with van der Waals surface area (Å²) >= 11 is 0. The summed E-state index contributed by atoms with van der Waals surface area (Å²) in [6.07, 6.45) is 0. The van der Waals surface area contributed by atoms with Crippen molar-refractivity contribution in [3.05, 3.63) is 71.8 Å². The maximum atomic E-state index is 12.1. The van der Waals surface area contributed by atoms with Crippen molar-refractivity contribution in [2.24, 2.45) is 5.92 Å². The molecule has 2 aromatic carbocycles. The Kier molecular flexibility index (Phi) is 3.08. The standard InChI is InChI=1S/C17H17NO/c1-13-16(15-10-6-3-7-11-15)18(17(13)19)12-14-8-4-2-5-9-14/h2-11,13,16H,12H2,1H3/t13-,16+/m0/s1. The van der Waals surface area contributed by atoms with E-state index in [-0.39, 0.29) is 17.9 Å². The van der Waals surface area contributed by atoms with Crippen LogP contribution >= 0.6 is 0 Å². The molecule has 1 aliphatic heterocycles. The van der Waals surface area contributed by atoms with Gasteiger partial charge in [-0.15, -0.1) is 0 Å². The summed E-state index contributed by atoms with van der Waals surface area (Å²) in [6.45, 7) is 2.71. The molecule has 0 spiro atoms. The topological polar surface area (TPSA) is 20.3 Å². The molecule has 0 bridgehead atoms. The molecule has 0 aromatic heterocycles. The Bertz CT molecular complexity index is 564. The molecule has 1 aliphatic rings. The maximum Gasteiger partial charge on any atom is 0.228 e. The molecule has 96 valence electrons. The highest BCUT2D eigenvalue weighted by Crippen LogP contribution is 2.40. The van der Waals surface area contributed by atoms with Crippen LogP contribution in [-0.4, -0.2) is 10.8 Å². The van der Waals surface area contributed by atoms with Gasteiger partial charge < -0.3 is 4.90 Å². The zero-order chi connectivity index (χ0) is 13.2. The minimum absolute atomic E-state index is 0.0890. The first kappa shape index (κ1) is 12.0. The quantitative estimate of drug-likeness (QED) is 0.766. The third-order valence-corrected chi connectivity index (χ3v) is 3.82. The number of likely N-dealkylation sites (tertiary alicyclic amines) is 1. The lowest BCUT2D eigenvalue weighted by Gasteiger charge is -2.46. The highest BCUT2D eigenvalue weighted by atomic mass is 16.2. The van der Waals surface area contributed by atoms with Crippen LogP contribution in [0.4, 0.5) is 0 Å². The summed E-state index contributed by atoms with van der Waals surface area (Å²) < 4.78 is 0. The van der Waals surface area contributed by atoms with Gasteiger partial charge in [0.2, 0.25) is 5.91 Å². The number of nitrogens with zero attached hydrogens (tertiary/aromatic N) is 1. The van der Waals surface area contributed by atoms with Crippen LogP contribution in [0.2, 0.25) is 0 Å². The number of carbonyl (C=O) groups excluding carboxylic acids is 1. The summed E-state index contributed by atoms with van der Waals surface area (Å²) in [5.41, 5.74) is 2.41. The van der Waals surface area contributed by atoms with E-state index in [1.807, 2.05) is 48.2 Å². The van der Waals surface area contributed by atoms with Crippen molar-refractivity contribution in [3.8, 4) is 0 Å². The van der Waals surface area contributed by atoms with Gasteiger partial charge in [0.15, 0.2) is 0 Å². The van der Waals surface area contributed by atoms with Gasteiger partial charge in [0.1, 0.15) is 0 Å². The lowest BCUT2D eigenvalue weighted by molar-refractivity contribution is -0.156. The van der Waals surface area contributed by atoms with Crippen LogP contribution in [0.15, 0.2) is 60.7 Å². The van der Waals surface area contributed by atoms with E-state index in [4.69, 9.17) is 0 Å². The molecular formula is C17H17NO. The summed E-state index contributed by atoms with van der Waals surface area (Å²) in [7, 11) is 0. The van der Waals surface area contributed by atoms with Crippen molar-refractivity contribution in [1.82, 2.24) is 4.90 Å². The fraction of sp³-hybridized carbons (Fsp3) is 0.235. The predicted molar refractivity (Wildman–Crippen MR) is 75.3 cm³/mol. The second kappa shape index (κ2) is 4.88. The minimum atomic E-state index is 0.0890. The van der Waals surface area contributed by atoms with E-state index in [1.54, 1.807) is 0 Å². The van der Waals surface area contributed by atoms with Crippen molar-refractivity contribution < 1.29 is 4.79 Å². The Balaban J connectivity index is 1.82. The Morgan fingerprint density at radius 2 is 1.53 bits per heavy atom. The van der Waals surface area contributed by atoms with Crippen LogP contribution < -0.4 is 0 Å². The number of hydrogen-bond donors (Lipinski definition) is 0. The third kappa shape index (κ3) is 2.14. The van der Waals surface area contributed by atoms with Crippen molar-refractivity contribution in [1.29, 1.82) is 0 Å². The molecule has 2 aromatic rings. The number of β-lactam (4-membered cyclic amide) rings is 1. The number of amides is 1. The third-order valence-electron chi connectivity index (χ3n) is 3.82. The van der Waals surface area contributed by atoms with Crippen molar-refractivity contribution in [2.45, 2.75) is 19.5 Å². The van der Waals surface area contributed by atoms with Gasteiger partial charge in [-0.2, -0.15) is 0 Å². The Morgan fingerprint density at radius 1 is 0.947 bits per heavy atom. The molecule has 2 heteroatoms. The van der Waals surface area contributed by atoms with Gasteiger partial charge in [-0.05, 0) is 11.1 Å². The van der Waals surface area contributed by atoms with E-state index in [0.29, 0.717) is 6.54 Å². The molecule has 0 saturated carbocycles. The van der Waals surface area contributed by atoms with Crippen molar-refractivity contribution >= 4 is 5.91 Å². The molecule has 19 heavy (non-hydrogen) atoms. The zero-order valence-corrected chi connectivity index (χ0v) is 11.0. The fourth-order valence-corrected chi connectivity index (χ4v) is 2.80. The van der Waals surface area contributed by atoms with Crippen LogP contribution in [0, 0.1) is 5.92 Å². The molecular weight excluding hydrogens is 234 g/mol. The first-order chi connectivity index (χ1) is 9.27. The Labute approximate surface area is 113 Å². The Morgan fingerprint density at radius 3 is 2.16 bits per heavy atom. The number of carbonyl (C=O) groups is 1. The molecule has 0 N–H and O–H groups in total. The SMILES string of the molecule is C[C@@H]1C(=O)N(Cc2ccccc2)[C@H]1c1ccccc1. The summed E-state index contributed by atoms with van der Waals surface area (Å²) in [5.74, 6) is 0.337. The van der Waals surface area contributed by atoms with Crippen LogP contribution in [0.1, 0.15) is 24.1 Å². The normalized spacial score (nSPS) is 22.2. The van der Waals surface area contributed by atoms with E-state index in [2.05, 4.69) is 24.3 Å². The second-order valence-electron chi connectivity index (χ2n) is 5.10. The molecule has 3 rings (SSSR count). The predicted octanol–water partition coefficient (Wildman–Crippen LogP) is 3.41. The highest BCUT2D eigenvalue weighted by molar-refractivity contribution is 5.86. The first-order valence-electron chi connectivity index (χ1n) is 6.67. The average Bonchev–Trinajstić information content (AvgIpc) is 2.48. The smallest absolute Gasteiger partial charge is 0.228 e. The van der Waals surface area contributed by atoms with Gasteiger partial charge in [0, 0.05) is 6.54 Å². The molecule has 2 atom stereocenters. The largest absolute Gasteiger partial charge is 0.330 e. The molecule has 1 heterocycles. The fourth-order valence-electron chi connectivity index (χ4n) is 2.80. The van der Waals surface area contributed by atoms with E-state index >= 15 is 0 Å². The molecule has 0 radical (unpaired) electrons. The molecule has 1 saturated heterocycles. The molecule has 1 amide bonds. The van der Waals surface area contributed by atoms with Gasteiger partial charge in [0.25, 0.3) is 0 Å². The maximum absolute atomic E-state index is 12.1. The number of rotatable bonds is 3. The summed E-state index contributed by atoms with van der Waals surface area (Å²) in [6, 6.07) is 20.7. The van der Waals surface area contributed by atoms with E-state index in [1.165, 1.54) is 11.1 Å². The zero-order valence-electron chi connectivity index (χ0n) is 11.0. The molecule has 0 unspecified atom stereocenters. The van der Waals surface area contributed by atoms with Crippen LogP contribution in [-0.2, 0) is 11.3 Å². The van der Waals surface area contributed by atoms with E-state index in [9.17, 15) is 4.79 Å². The van der Waals surface area contributed by atoms with Gasteiger partial charge in [-0.3, -0.25) is 4.79 Å². The summed E-state index contributed by atoms with van der Waals surface area (Å²) in [4.78, 5) is 14.0. The van der Waals surface area contributed by atoms with Gasteiger partial charge >= 0.3 is 0 Å². The number of hydrogen-bond acceptors (Lipinski definition) is 1.